The highest BCUT2D eigenvalue weighted by Gasteiger charge is 2.27. The van der Waals surface area contributed by atoms with Crippen LogP contribution in [0.5, 0.6) is 5.75 Å². The number of hydrogen-bond acceptors (Lipinski definition) is 5. The summed E-state index contributed by atoms with van der Waals surface area (Å²) in [6.07, 6.45) is 0. The Kier molecular flexibility index (Phi) is 7.48. The van der Waals surface area contributed by atoms with Crippen molar-refractivity contribution in [3.05, 3.63) is 75.5 Å². The molecular formula is C30H40N4OS. The number of amidine groups is 1. The zero-order chi connectivity index (χ0) is 26.1. The third kappa shape index (κ3) is 6.11. The number of anilines is 2. The average Bonchev–Trinajstić information content (AvgIpc) is 3.35. The molecule has 0 spiro atoms. The second kappa shape index (κ2) is 10.3. The molecule has 0 aliphatic carbocycles. The molecule has 3 aromatic rings. The molecule has 1 aromatic heterocycles. The van der Waals surface area contributed by atoms with Crippen LogP contribution in [0, 0.1) is 5.41 Å². The molecular weight excluding hydrogens is 464 g/mol. The average molecular weight is 505 g/mol. The lowest BCUT2D eigenvalue weighted by atomic mass is 9.78. The van der Waals surface area contributed by atoms with Crippen LogP contribution in [0.15, 0.2) is 53.9 Å². The number of nitrogens with zero attached hydrogens (tertiary/aromatic N) is 2. The highest BCUT2D eigenvalue weighted by atomic mass is 32.1. The standard InChI is InChI=1S/C30H40N4OS/c1-29(2,3)24-18-21(19-25(27(24)35)30(4,5)6)20-33-13-15-34(16-14-33)23-11-9-22(10-12-23)32-28(31)26-8-7-17-36-26/h7-12,17-19,35H,13-16,20H2,1-6H3,(H2,31,32). The third-order valence-electron chi connectivity index (χ3n) is 6.83. The van der Waals surface area contributed by atoms with Gasteiger partial charge in [0.05, 0.1) is 4.88 Å². The molecule has 0 saturated carbocycles. The summed E-state index contributed by atoms with van der Waals surface area (Å²) in [7, 11) is 0. The summed E-state index contributed by atoms with van der Waals surface area (Å²) in [5.74, 6) is 0.886. The van der Waals surface area contributed by atoms with Crippen molar-refractivity contribution in [3.8, 4) is 5.75 Å². The molecule has 2 heterocycles. The fourth-order valence-electron chi connectivity index (χ4n) is 4.73. The molecule has 0 atom stereocenters. The lowest BCUT2D eigenvalue weighted by molar-refractivity contribution is 0.249. The highest BCUT2D eigenvalue weighted by Crippen LogP contribution is 2.40. The minimum Gasteiger partial charge on any atom is -0.507 e. The van der Waals surface area contributed by atoms with Gasteiger partial charge in [-0.2, -0.15) is 0 Å². The van der Waals surface area contributed by atoms with Gasteiger partial charge in [-0.1, -0.05) is 59.7 Å². The number of piperazine rings is 1. The van der Waals surface area contributed by atoms with Gasteiger partial charge in [0.25, 0.3) is 0 Å². The van der Waals surface area contributed by atoms with E-state index in [4.69, 9.17) is 5.41 Å². The molecule has 0 unspecified atom stereocenters. The van der Waals surface area contributed by atoms with Crippen molar-refractivity contribution in [2.24, 2.45) is 0 Å². The summed E-state index contributed by atoms with van der Waals surface area (Å²) in [4.78, 5) is 5.89. The molecule has 0 amide bonds. The summed E-state index contributed by atoms with van der Waals surface area (Å²) in [5, 5.41) is 24.4. The Balaban J connectivity index is 1.39. The lowest BCUT2D eigenvalue weighted by Crippen LogP contribution is -2.46. The second-order valence-corrected chi connectivity index (χ2v) is 12.8. The van der Waals surface area contributed by atoms with E-state index in [0.717, 1.165) is 54.4 Å². The Morgan fingerprint density at radius 2 is 1.50 bits per heavy atom. The molecule has 1 aliphatic rings. The first-order valence-electron chi connectivity index (χ1n) is 12.8. The fraction of sp³-hybridized carbons (Fsp3) is 0.433. The minimum absolute atomic E-state index is 0.109. The van der Waals surface area contributed by atoms with Crippen LogP contribution in [0.25, 0.3) is 0 Å². The maximum Gasteiger partial charge on any atom is 0.140 e. The number of rotatable bonds is 5. The third-order valence-corrected chi connectivity index (χ3v) is 7.72. The van der Waals surface area contributed by atoms with Crippen molar-refractivity contribution < 1.29 is 5.11 Å². The van der Waals surface area contributed by atoms with Crippen molar-refractivity contribution in [2.45, 2.75) is 58.9 Å². The van der Waals surface area contributed by atoms with Gasteiger partial charge in [-0.05, 0) is 63.2 Å². The van der Waals surface area contributed by atoms with Gasteiger partial charge in [0.15, 0.2) is 0 Å². The molecule has 6 heteroatoms. The summed E-state index contributed by atoms with van der Waals surface area (Å²) in [6.45, 7) is 17.9. The van der Waals surface area contributed by atoms with Crippen molar-refractivity contribution >= 4 is 28.5 Å². The number of thiophene rings is 1. The Morgan fingerprint density at radius 1 is 0.917 bits per heavy atom. The normalized spacial score (nSPS) is 15.2. The number of nitrogens with one attached hydrogen (secondary N) is 2. The van der Waals surface area contributed by atoms with E-state index in [-0.39, 0.29) is 10.8 Å². The first kappa shape index (κ1) is 26.2. The first-order chi connectivity index (χ1) is 16.9. The number of phenols is 1. The Morgan fingerprint density at radius 3 is 2.00 bits per heavy atom. The summed E-state index contributed by atoms with van der Waals surface area (Å²) in [5.41, 5.74) is 5.28. The van der Waals surface area contributed by atoms with E-state index >= 15 is 0 Å². The van der Waals surface area contributed by atoms with Gasteiger partial charge in [-0.3, -0.25) is 10.3 Å². The zero-order valence-corrected chi connectivity index (χ0v) is 23.3. The molecule has 2 aromatic carbocycles. The SMILES string of the molecule is CC(C)(C)c1cc(CN2CCN(c3ccc(NC(=N)c4cccs4)cc3)CC2)cc(C(C)(C)C)c1O. The molecule has 1 fully saturated rings. The highest BCUT2D eigenvalue weighted by molar-refractivity contribution is 7.12. The Hall–Kier alpha value is -2.83. The molecule has 1 saturated heterocycles. The van der Waals surface area contributed by atoms with Gasteiger partial charge < -0.3 is 15.3 Å². The monoisotopic (exact) mass is 504 g/mol. The van der Waals surface area contributed by atoms with Gasteiger partial charge in [-0.25, -0.2) is 0 Å². The summed E-state index contributed by atoms with van der Waals surface area (Å²) >= 11 is 1.57. The van der Waals surface area contributed by atoms with Crippen molar-refractivity contribution in [1.29, 1.82) is 5.41 Å². The molecule has 36 heavy (non-hydrogen) atoms. The number of phenolic OH excluding ortho intramolecular Hbond substituents is 1. The predicted octanol–water partition coefficient (Wildman–Crippen LogP) is 6.81. The molecule has 1 aliphatic heterocycles. The fourth-order valence-corrected chi connectivity index (χ4v) is 5.36. The van der Waals surface area contributed by atoms with Crippen LogP contribution in [0.2, 0.25) is 0 Å². The van der Waals surface area contributed by atoms with E-state index < -0.39 is 0 Å². The van der Waals surface area contributed by atoms with Gasteiger partial charge in [-0.15, -0.1) is 11.3 Å². The summed E-state index contributed by atoms with van der Waals surface area (Å²) < 4.78 is 0. The van der Waals surface area contributed by atoms with Crippen LogP contribution < -0.4 is 10.2 Å². The molecule has 192 valence electrons. The van der Waals surface area contributed by atoms with Gasteiger partial charge >= 0.3 is 0 Å². The van der Waals surface area contributed by atoms with E-state index in [2.05, 4.69) is 93.1 Å². The number of aromatic hydroxyl groups is 1. The Bertz CT molecular complexity index is 1140. The zero-order valence-electron chi connectivity index (χ0n) is 22.5. The Labute approximate surface area is 220 Å². The smallest absolute Gasteiger partial charge is 0.140 e. The molecule has 5 nitrogen and oxygen atoms in total. The van der Waals surface area contributed by atoms with Crippen LogP contribution in [-0.2, 0) is 17.4 Å². The first-order valence-corrected chi connectivity index (χ1v) is 13.6. The molecule has 0 bridgehead atoms. The van der Waals surface area contributed by atoms with Gasteiger partial charge in [0.1, 0.15) is 11.6 Å². The maximum absolute atomic E-state index is 11.0. The molecule has 0 radical (unpaired) electrons. The van der Waals surface area contributed by atoms with E-state index in [0.29, 0.717) is 11.6 Å². The van der Waals surface area contributed by atoms with Crippen molar-refractivity contribution in [1.82, 2.24) is 4.90 Å². The lowest BCUT2D eigenvalue weighted by Gasteiger charge is -2.36. The van der Waals surface area contributed by atoms with E-state index in [1.165, 1.54) is 11.3 Å². The van der Waals surface area contributed by atoms with Crippen LogP contribution in [0.1, 0.15) is 63.1 Å². The van der Waals surface area contributed by atoms with Gasteiger partial charge in [0.2, 0.25) is 0 Å². The summed E-state index contributed by atoms with van der Waals surface area (Å²) in [6, 6.07) is 16.7. The number of benzene rings is 2. The molecule has 3 N–H and O–H groups in total. The van der Waals surface area contributed by atoms with E-state index in [1.807, 2.05) is 17.5 Å². The minimum atomic E-state index is -0.109. The van der Waals surface area contributed by atoms with Crippen LogP contribution in [-0.4, -0.2) is 42.0 Å². The maximum atomic E-state index is 11.0. The van der Waals surface area contributed by atoms with Crippen LogP contribution in [0.4, 0.5) is 11.4 Å². The number of hydrogen-bond donors (Lipinski definition) is 3. The van der Waals surface area contributed by atoms with Crippen molar-refractivity contribution in [3.63, 3.8) is 0 Å². The van der Waals surface area contributed by atoms with E-state index in [9.17, 15) is 5.11 Å². The van der Waals surface area contributed by atoms with Gasteiger partial charge in [0, 0.05) is 44.1 Å². The topological polar surface area (TPSA) is 62.6 Å². The largest absolute Gasteiger partial charge is 0.507 e. The van der Waals surface area contributed by atoms with Crippen LogP contribution >= 0.6 is 11.3 Å². The van der Waals surface area contributed by atoms with E-state index in [1.54, 1.807) is 11.3 Å². The van der Waals surface area contributed by atoms with Crippen LogP contribution in [0.3, 0.4) is 0 Å². The van der Waals surface area contributed by atoms with Crippen molar-refractivity contribution in [2.75, 3.05) is 36.4 Å². The molecule has 4 rings (SSSR count). The predicted molar refractivity (Wildman–Crippen MR) is 154 cm³/mol. The second-order valence-electron chi connectivity index (χ2n) is 11.8. The quantitative estimate of drug-likeness (QED) is 0.264.